The smallest absolute Gasteiger partial charge is 0.307 e. The second-order valence-electron chi connectivity index (χ2n) is 4.73. The van der Waals surface area contributed by atoms with Gasteiger partial charge >= 0.3 is 5.97 Å². The highest BCUT2D eigenvalue weighted by atomic mass is 16.5. The zero-order valence-corrected chi connectivity index (χ0v) is 11.9. The van der Waals surface area contributed by atoms with Crippen molar-refractivity contribution < 1.29 is 14.6 Å². The van der Waals surface area contributed by atoms with Gasteiger partial charge in [0.15, 0.2) is 0 Å². The summed E-state index contributed by atoms with van der Waals surface area (Å²) in [5.74, 6) is -0.200. The zero-order chi connectivity index (χ0) is 14.3. The average molecular weight is 265 g/mol. The van der Waals surface area contributed by atoms with Crippen molar-refractivity contribution in [2.24, 2.45) is 5.92 Å². The first-order chi connectivity index (χ1) is 9.06. The van der Waals surface area contributed by atoms with Gasteiger partial charge in [-0.1, -0.05) is 26.0 Å². The maximum atomic E-state index is 10.9. The first-order valence-electron chi connectivity index (χ1n) is 6.65. The van der Waals surface area contributed by atoms with Crippen LogP contribution in [-0.2, 0) is 11.2 Å². The molecule has 1 aromatic rings. The molecule has 0 amide bonds. The van der Waals surface area contributed by atoms with E-state index in [-0.39, 0.29) is 5.92 Å². The number of carbonyl (C=O) groups is 1. The Morgan fingerprint density at radius 1 is 1.37 bits per heavy atom. The monoisotopic (exact) mass is 265 g/mol. The van der Waals surface area contributed by atoms with Crippen molar-refractivity contribution in [1.29, 1.82) is 0 Å². The fourth-order valence-electron chi connectivity index (χ4n) is 1.92. The Morgan fingerprint density at radius 2 is 2.00 bits per heavy atom. The van der Waals surface area contributed by atoms with E-state index in [1.54, 1.807) is 14.0 Å². The highest BCUT2D eigenvalue weighted by Crippen LogP contribution is 2.12. The van der Waals surface area contributed by atoms with Crippen LogP contribution in [0.1, 0.15) is 19.4 Å². The number of hydrogen-bond donors (Lipinski definition) is 1. The normalized spacial score (nSPS) is 12.4. The molecule has 1 unspecified atom stereocenters. The Labute approximate surface area is 115 Å². The molecule has 1 rings (SSSR count). The van der Waals surface area contributed by atoms with Gasteiger partial charge < -0.3 is 14.7 Å². The first-order valence-corrected chi connectivity index (χ1v) is 6.65. The molecule has 0 aliphatic carbocycles. The summed E-state index contributed by atoms with van der Waals surface area (Å²) >= 11 is 0. The lowest BCUT2D eigenvalue weighted by atomic mass is 10.1. The van der Waals surface area contributed by atoms with Crippen molar-refractivity contribution in [2.75, 3.05) is 26.7 Å². The molecular formula is C15H23NO3. The Morgan fingerprint density at radius 3 is 2.47 bits per heavy atom. The van der Waals surface area contributed by atoms with Crippen LogP contribution in [-0.4, -0.2) is 42.7 Å². The van der Waals surface area contributed by atoms with E-state index in [0.29, 0.717) is 6.54 Å². The summed E-state index contributed by atoms with van der Waals surface area (Å²) in [5.41, 5.74) is 1.24. The molecule has 0 aromatic heterocycles. The SMILES string of the molecule is CCN(CCc1ccc(OC)cc1)CC(C)C(=O)O. The van der Waals surface area contributed by atoms with Crippen molar-refractivity contribution >= 4 is 5.97 Å². The number of nitrogens with zero attached hydrogens (tertiary/aromatic N) is 1. The van der Waals surface area contributed by atoms with E-state index in [1.807, 2.05) is 24.3 Å². The van der Waals surface area contributed by atoms with Crippen LogP contribution in [0.5, 0.6) is 5.75 Å². The molecule has 0 saturated heterocycles. The zero-order valence-electron chi connectivity index (χ0n) is 11.9. The van der Waals surface area contributed by atoms with Gasteiger partial charge in [-0.25, -0.2) is 0 Å². The number of carboxylic acid groups (broad SMARTS) is 1. The van der Waals surface area contributed by atoms with E-state index >= 15 is 0 Å². The maximum absolute atomic E-state index is 10.9. The van der Waals surface area contributed by atoms with Gasteiger partial charge in [-0.05, 0) is 30.7 Å². The lowest BCUT2D eigenvalue weighted by Crippen LogP contribution is -2.33. The summed E-state index contributed by atoms with van der Waals surface area (Å²) < 4.78 is 5.12. The van der Waals surface area contributed by atoms with Crippen LogP contribution < -0.4 is 4.74 Å². The fraction of sp³-hybridized carbons (Fsp3) is 0.533. The number of likely N-dealkylation sites (N-methyl/N-ethyl adjacent to an activating group) is 1. The predicted octanol–water partition coefficient (Wildman–Crippen LogP) is 2.28. The topological polar surface area (TPSA) is 49.8 Å². The highest BCUT2D eigenvalue weighted by molar-refractivity contribution is 5.69. The molecule has 0 bridgehead atoms. The highest BCUT2D eigenvalue weighted by Gasteiger charge is 2.14. The van der Waals surface area contributed by atoms with Crippen molar-refractivity contribution in [3.63, 3.8) is 0 Å². The minimum absolute atomic E-state index is 0.323. The average Bonchev–Trinajstić information content (AvgIpc) is 2.43. The van der Waals surface area contributed by atoms with Gasteiger partial charge in [0, 0.05) is 13.1 Å². The lowest BCUT2D eigenvalue weighted by Gasteiger charge is -2.22. The van der Waals surface area contributed by atoms with Crippen LogP contribution in [0.25, 0.3) is 0 Å². The number of ether oxygens (including phenoxy) is 1. The number of hydrogen-bond acceptors (Lipinski definition) is 3. The van der Waals surface area contributed by atoms with Gasteiger partial charge in [0.05, 0.1) is 13.0 Å². The summed E-state index contributed by atoms with van der Waals surface area (Å²) in [6, 6.07) is 8.00. The molecule has 0 heterocycles. The minimum atomic E-state index is -0.733. The van der Waals surface area contributed by atoms with Gasteiger partial charge in [-0.3, -0.25) is 4.79 Å². The standard InChI is InChI=1S/C15H23NO3/c1-4-16(11-12(2)15(17)18)10-9-13-5-7-14(19-3)8-6-13/h5-8,12H,4,9-11H2,1-3H3,(H,17,18). The third kappa shape index (κ3) is 5.30. The predicted molar refractivity (Wildman–Crippen MR) is 75.6 cm³/mol. The van der Waals surface area contributed by atoms with E-state index in [2.05, 4.69) is 11.8 Å². The molecule has 0 fully saturated rings. The third-order valence-corrected chi connectivity index (χ3v) is 3.28. The van der Waals surface area contributed by atoms with E-state index in [9.17, 15) is 4.79 Å². The minimum Gasteiger partial charge on any atom is -0.497 e. The molecule has 0 radical (unpaired) electrons. The summed E-state index contributed by atoms with van der Waals surface area (Å²) in [6.45, 7) is 6.15. The van der Waals surface area contributed by atoms with Gasteiger partial charge in [-0.2, -0.15) is 0 Å². The third-order valence-electron chi connectivity index (χ3n) is 3.28. The number of rotatable bonds is 8. The van der Waals surface area contributed by atoms with Crippen LogP contribution in [0.2, 0.25) is 0 Å². The van der Waals surface area contributed by atoms with Crippen molar-refractivity contribution in [3.05, 3.63) is 29.8 Å². The van der Waals surface area contributed by atoms with Crippen molar-refractivity contribution in [3.8, 4) is 5.75 Å². The molecule has 19 heavy (non-hydrogen) atoms. The Bertz CT molecular complexity index is 389. The molecule has 1 N–H and O–H groups in total. The number of aliphatic carboxylic acids is 1. The van der Waals surface area contributed by atoms with E-state index in [0.717, 1.165) is 25.3 Å². The molecule has 0 aliphatic heterocycles. The van der Waals surface area contributed by atoms with E-state index < -0.39 is 5.97 Å². The van der Waals surface area contributed by atoms with Gasteiger partial charge in [0.25, 0.3) is 0 Å². The van der Waals surface area contributed by atoms with Crippen LogP contribution in [0.3, 0.4) is 0 Å². The molecule has 106 valence electrons. The van der Waals surface area contributed by atoms with Crippen LogP contribution in [0.4, 0.5) is 0 Å². The number of carboxylic acids is 1. The molecular weight excluding hydrogens is 242 g/mol. The van der Waals surface area contributed by atoms with Crippen LogP contribution in [0, 0.1) is 5.92 Å². The first kappa shape index (κ1) is 15.5. The molecule has 0 saturated carbocycles. The fourth-order valence-corrected chi connectivity index (χ4v) is 1.92. The lowest BCUT2D eigenvalue weighted by molar-refractivity contribution is -0.141. The Kier molecular flexibility index (Phi) is 6.36. The molecule has 4 heteroatoms. The van der Waals surface area contributed by atoms with Crippen molar-refractivity contribution in [1.82, 2.24) is 4.90 Å². The van der Waals surface area contributed by atoms with E-state index in [1.165, 1.54) is 5.56 Å². The van der Waals surface area contributed by atoms with Crippen LogP contribution >= 0.6 is 0 Å². The number of benzene rings is 1. The second-order valence-corrected chi connectivity index (χ2v) is 4.73. The molecule has 4 nitrogen and oxygen atoms in total. The van der Waals surface area contributed by atoms with Gasteiger partial charge in [0.1, 0.15) is 5.75 Å². The summed E-state index contributed by atoms with van der Waals surface area (Å²) in [6.07, 6.45) is 0.921. The molecule has 1 aromatic carbocycles. The molecule has 1 atom stereocenters. The maximum Gasteiger partial charge on any atom is 0.307 e. The van der Waals surface area contributed by atoms with Gasteiger partial charge in [0.2, 0.25) is 0 Å². The second kappa shape index (κ2) is 7.79. The van der Waals surface area contributed by atoms with Crippen molar-refractivity contribution in [2.45, 2.75) is 20.3 Å². The summed E-state index contributed by atoms with van der Waals surface area (Å²) in [5, 5.41) is 8.93. The Balaban J connectivity index is 2.45. The molecule has 0 spiro atoms. The quantitative estimate of drug-likeness (QED) is 0.783. The Hall–Kier alpha value is -1.55. The summed E-state index contributed by atoms with van der Waals surface area (Å²) in [4.78, 5) is 13.0. The van der Waals surface area contributed by atoms with Crippen LogP contribution in [0.15, 0.2) is 24.3 Å². The largest absolute Gasteiger partial charge is 0.497 e. The molecule has 0 aliphatic rings. The summed E-state index contributed by atoms with van der Waals surface area (Å²) in [7, 11) is 1.65. The van der Waals surface area contributed by atoms with E-state index in [4.69, 9.17) is 9.84 Å². The van der Waals surface area contributed by atoms with Gasteiger partial charge in [-0.15, -0.1) is 0 Å². The number of methoxy groups -OCH3 is 1.